The van der Waals surface area contributed by atoms with Gasteiger partial charge in [-0.25, -0.2) is 14.4 Å². The highest BCUT2D eigenvalue weighted by Crippen LogP contribution is 2.41. The van der Waals surface area contributed by atoms with Gasteiger partial charge in [0.05, 0.1) is 6.42 Å². The van der Waals surface area contributed by atoms with Gasteiger partial charge in [0, 0.05) is 22.5 Å². The molecule has 1 heterocycles. The molecule has 0 bridgehead atoms. The van der Waals surface area contributed by atoms with Gasteiger partial charge in [0.25, 0.3) is 0 Å². The minimum Gasteiger partial charge on any atom is -0.481 e. The van der Waals surface area contributed by atoms with E-state index in [0.717, 1.165) is 5.56 Å². The van der Waals surface area contributed by atoms with Gasteiger partial charge in [-0.3, -0.25) is 9.59 Å². The molecule has 2 amide bonds. The van der Waals surface area contributed by atoms with E-state index in [0.29, 0.717) is 22.0 Å². The monoisotopic (exact) mass is 659 g/mol. The van der Waals surface area contributed by atoms with Gasteiger partial charge in [0.2, 0.25) is 5.91 Å². The maximum absolute atomic E-state index is 13.9. The summed E-state index contributed by atoms with van der Waals surface area (Å²) in [7, 11) is 0. The van der Waals surface area contributed by atoms with E-state index in [9.17, 15) is 34.2 Å². The van der Waals surface area contributed by atoms with Crippen LogP contribution in [0.25, 0.3) is 10.9 Å². The smallest absolute Gasteiger partial charge is 0.481 e. The van der Waals surface area contributed by atoms with Gasteiger partial charge in [-0.05, 0) is 47.7 Å². The molecule has 13 heteroatoms. The molecular formula is C35H37N3O10. The van der Waals surface area contributed by atoms with Gasteiger partial charge >= 0.3 is 24.2 Å². The Morgan fingerprint density at radius 3 is 1.98 bits per heavy atom. The lowest BCUT2D eigenvalue weighted by Gasteiger charge is -2.39. The molecule has 4 rings (SSSR count). The number of ether oxygens (including phenoxy) is 3. The molecule has 4 aromatic rings. The number of amides is 2. The SMILES string of the molecule is CCC(CC)(c1c[nH]c2ccc(OC(=O)OCc3ccccc3)cc12)[C@H](NC(=O)OCc1ccccc1)C(=O)N[C@@H](CC(=O)O)C(=O)O. The second-order valence-corrected chi connectivity index (χ2v) is 11.0. The Kier molecular flexibility index (Phi) is 11.8. The van der Waals surface area contributed by atoms with Gasteiger partial charge in [-0.2, -0.15) is 0 Å². The normalized spacial score (nSPS) is 12.4. The number of alkyl carbamates (subject to hydrolysis) is 1. The van der Waals surface area contributed by atoms with Gasteiger partial charge in [0.1, 0.15) is 31.0 Å². The van der Waals surface area contributed by atoms with Crippen molar-refractivity contribution in [2.75, 3.05) is 0 Å². The maximum Gasteiger partial charge on any atom is 0.514 e. The Hall–Kier alpha value is -5.85. The van der Waals surface area contributed by atoms with Crippen LogP contribution >= 0.6 is 0 Å². The number of aliphatic carboxylic acids is 2. The predicted octanol–water partition coefficient (Wildman–Crippen LogP) is 5.28. The molecule has 252 valence electrons. The number of hydrogen-bond donors (Lipinski definition) is 5. The number of carboxylic acid groups (broad SMARTS) is 2. The van der Waals surface area contributed by atoms with Crippen molar-refractivity contribution in [2.45, 2.75) is 63.8 Å². The zero-order valence-corrected chi connectivity index (χ0v) is 26.4. The van der Waals surface area contributed by atoms with Gasteiger partial charge < -0.3 is 40.0 Å². The summed E-state index contributed by atoms with van der Waals surface area (Å²) >= 11 is 0. The Bertz CT molecular complexity index is 1740. The molecule has 1 aromatic heterocycles. The molecule has 2 atom stereocenters. The van der Waals surface area contributed by atoms with E-state index >= 15 is 0 Å². The largest absolute Gasteiger partial charge is 0.514 e. The van der Waals surface area contributed by atoms with Crippen LogP contribution in [0.15, 0.2) is 85.1 Å². The van der Waals surface area contributed by atoms with Crippen LogP contribution in [0.2, 0.25) is 0 Å². The average molecular weight is 660 g/mol. The lowest BCUT2D eigenvalue weighted by molar-refractivity contribution is -0.147. The summed E-state index contributed by atoms with van der Waals surface area (Å²) in [5.74, 6) is -3.75. The number of carbonyl (C=O) groups is 5. The van der Waals surface area contributed by atoms with Crippen molar-refractivity contribution in [3.05, 3.63) is 102 Å². The summed E-state index contributed by atoms with van der Waals surface area (Å²) in [6.45, 7) is 3.50. The number of carboxylic acids is 2. The third-order valence-corrected chi connectivity index (χ3v) is 8.14. The minimum absolute atomic E-state index is 0.00809. The molecular weight excluding hydrogens is 622 g/mol. The molecule has 0 aliphatic heterocycles. The first-order valence-electron chi connectivity index (χ1n) is 15.3. The maximum atomic E-state index is 13.9. The fraction of sp³-hybridized carbons (Fsp3) is 0.286. The van der Waals surface area contributed by atoms with Crippen molar-refractivity contribution in [3.63, 3.8) is 0 Å². The fourth-order valence-electron chi connectivity index (χ4n) is 5.58. The van der Waals surface area contributed by atoms with Crippen molar-refractivity contribution >= 4 is 41.0 Å². The van der Waals surface area contributed by atoms with Gasteiger partial charge in [0.15, 0.2) is 0 Å². The standard InChI is InChI=1S/C35H37N3O10/c1-3-35(4-2,26-19-36-27-16-15-24(17-25(26)27)48-34(45)47-21-23-13-9-6-10-14-23)30(31(41)37-28(32(42)43)18-29(39)40)38-33(44)46-20-22-11-7-5-8-12-22/h5-17,19,28,30,36H,3-4,18,20-21H2,1-2H3,(H,37,41)(H,38,44)(H,39,40)(H,42,43)/t28-,30+/m0/s1. The molecule has 0 saturated heterocycles. The predicted molar refractivity (Wildman–Crippen MR) is 173 cm³/mol. The van der Waals surface area contributed by atoms with Crippen LogP contribution in [0.5, 0.6) is 5.75 Å². The molecule has 5 N–H and O–H groups in total. The second-order valence-electron chi connectivity index (χ2n) is 11.0. The minimum atomic E-state index is -1.77. The first-order valence-corrected chi connectivity index (χ1v) is 15.3. The molecule has 0 fully saturated rings. The van der Waals surface area contributed by atoms with Gasteiger partial charge in [-0.1, -0.05) is 74.5 Å². The highest BCUT2D eigenvalue weighted by atomic mass is 16.7. The van der Waals surface area contributed by atoms with E-state index in [-0.39, 0.29) is 31.8 Å². The van der Waals surface area contributed by atoms with Crippen molar-refractivity contribution in [3.8, 4) is 5.75 Å². The van der Waals surface area contributed by atoms with Crippen molar-refractivity contribution in [1.82, 2.24) is 15.6 Å². The third-order valence-electron chi connectivity index (χ3n) is 8.14. The van der Waals surface area contributed by atoms with Crippen molar-refractivity contribution < 1.29 is 48.4 Å². The van der Waals surface area contributed by atoms with Crippen LogP contribution in [0, 0.1) is 0 Å². The number of nitrogens with one attached hydrogen (secondary N) is 3. The first-order chi connectivity index (χ1) is 23.1. The summed E-state index contributed by atoms with van der Waals surface area (Å²) in [4.78, 5) is 66.0. The Balaban J connectivity index is 1.66. The number of aromatic amines is 1. The molecule has 3 aromatic carbocycles. The average Bonchev–Trinajstić information content (AvgIpc) is 3.51. The summed E-state index contributed by atoms with van der Waals surface area (Å²) in [5, 5.41) is 24.4. The van der Waals surface area contributed by atoms with E-state index in [2.05, 4.69) is 15.6 Å². The van der Waals surface area contributed by atoms with Crippen molar-refractivity contribution in [2.24, 2.45) is 0 Å². The number of carbonyl (C=O) groups excluding carboxylic acids is 3. The van der Waals surface area contributed by atoms with Crippen LogP contribution in [0.4, 0.5) is 9.59 Å². The summed E-state index contributed by atoms with van der Waals surface area (Å²) < 4.78 is 16.1. The topological polar surface area (TPSA) is 193 Å². The molecule has 0 aliphatic carbocycles. The summed E-state index contributed by atoms with van der Waals surface area (Å²) in [6, 6.07) is 19.6. The number of benzene rings is 3. The van der Waals surface area contributed by atoms with Gasteiger partial charge in [-0.15, -0.1) is 0 Å². The number of aromatic nitrogens is 1. The highest BCUT2D eigenvalue weighted by Gasteiger charge is 2.45. The van der Waals surface area contributed by atoms with E-state index in [1.54, 1.807) is 74.6 Å². The molecule has 0 unspecified atom stereocenters. The third kappa shape index (κ3) is 8.69. The van der Waals surface area contributed by atoms with Crippen LogP contribution in [-0.4, -0.2) is 57.4 Å². The van der Waals surface area contributed by atoms with Crippen LogP contribution < -0.4 is 15.4 Å². The summed E-state index contributed by atoms with van der Waals surface area (Å²) in [6.07, 6.45) is -0.571. The quantitative estimate of drug-likeness (QED) is 0.0828. The lowest BCUT2D eigenvalue weighted by atomic mass is 9.69. The summed E-state index contributed by atoms with van der Waals surface area (Å²) in [5.41, 5.74) is 1.47. The molecule has 48 heavy (non-hydrogen) atoms. The molecule has 0 saturated carbocycles. The van der Waals surface area contributed by atoms with Crippen LogP contribution in [0.3, 0.4) is 0 Å². The molecule has 0 spiro atoms. The number of hydrogen-bond acceptors (Lipinski definition) is 8. The van der Waals surface area contributed by atoms with Crippen LogP contribution in [0.1, 0.15) is 49.8 Å². The molecule has 0 aliphatic rings. The number of rotatable bonds is 15. The van der Waals surface area contributed by atoms with E-state index in [4.69, 9.17) is 14.2 Å². The van der Waals surface area contributed by atoms with Crippen LogP contribution in [-0.2, 0) is 42.5 Å². The Morgan fingerprint density at radius 1 is 0.812 bits per heavy atom. The Labute approximate surface area is 276 Å². The van der Waals surface area contributed by atoms with E-state index < -0.39 is 54.0 Å². The highest BCUT2D eigenvalue weighted by molar-refractivity contribution is 5.94. The lowest BCUT2D eigenvalue weighted by Crippen LogP contribution is -2.60. The Morgan fingerprint density at radius 2 is 1.42 bits per heavy atom. The zero-order valence-electron chi connectivity index (χ0n) is 26.4. The first kappa shape index (κ1) is 35.0. The molecule has 0 radical (unpaired) electrons. The zero-order chi connectivity index (χ0) is 34.7. The second kappa shape index (κ2) is 16.1. The van der Waals surface area contributed by atoms with Crippen molar-refractivity contribution in [1.29, 1.82) is 0 Å². The van der Waals surface area contributed by atoms with E-state index in [1.165, 1.54) is 0 Å². The van der Waals surface area contributed by atoms with E-state index in [1.807, 2.05) is 24.3 Å². The number of H-pyrrole nitrogens is 1. The molecule has 13 nitrogen and oxygen atoms in total. The fourth-order valence-corrected chi connectivity index (χ4v) is 5.58. The number of fused-ring (bicyclic) bond motifs is 1.